The number of hydrogen-bond donors (Lipinski definition) is 0. The van der Waals surface area contributed by atoms with E-state index >= 15 is 0 Å². The van der Waals surface area contributed by atoms with Crippen molar-refractivity contribution in [1.29, 1.82) is 0 Å². The molecule has 0 nitrogen and oxygen atoms in total. The molecule has 0 unspecified atom stereocenters. The zero-order valence-corrected chi connectivity index (χ0v) is 9.65. The van der Waals surface area contributed by atoms with Crippen LogP contribution < -0.4 is 0 Å². The van der Waals surface area contributed by atoms with Crippen LogP contribution in [-0.2, 0) is 11.8 Å². The Morgan fingerprint density at radius 2 is 1.93 bits per heavy atom. The third-order valence-corrected chi connectivity index (χ3v) is 4.33. The molecular weight excluding hydrogens is 168 g/mol. The van der Waals surface area contributed by atoms with Gasteiger partial charge in [0.25, 0.3) is 0 Å². The van der Waals surface area contributed by atoms with Crippen molar-refractivity contribution >= 4 is 0 Å². The summed E-state index contributed by atoms with van der Waals surface area (Å²) >= 11 is 0. The van der Waals surface area contributed by atoms with Gasteiger partial charge in [-0.15, -0.1) is 0 Å². The topological polar surface area (TPSA) is 0 Å². The van der Waals surface area contributed by atoms with Crippen LogP contribution in [0.3, 0.4) is 0 Å². The van der Waals surface area contributed by atoms with Gasteiger partial charge in [-0.1, -0.05) is 45.9 Å². The van der Waals surface area contributed by atoms with Crippen molar-refractivity contribution in [3.05, 3.63) is 35.4 Å². The fourth-order valence-electron chi connectivity index (χ4n) is 2.41. The molecule has 1 aromatic carbocycles. The van der Waals surface area contributed by atoms with Crippen molar-refractivity contribution in [3.63, 3.8) is 0 Å². The highest BCUT2D eigenvalue weighted by atomic mass is 14.5. The quantitative estimate of drug-likeness (QED) is 0.580. The Bertz CT molecular complexity index is 345. The molecule has 0 amide bonds. The maximum Gasteiger partial charge on any atom is -0.00496 e. The molecule has 0 atom stereocenters. The van der Waals surface area contributed by atoms with Crippen molar-refractivity contribution in [2.45, 2.75) is 46.0 Å². The van der Waals surface area contributed by atoms with Crippen LogP contribution in [0, 0.1) is 11.5 Å². The van der Waals surface area contributed by atoms with Gasteiger partial charge in [0, 0.05) is 0 Å². The van der Waals surface area contributed by atoms with E-state index in [4.69, 9.17) is 0 Å². The van der Waals surface area contributed by atoms with Crippen LogP contribution in [0.4, 0.5) is 0 Å². The molecule has 0 aromatic heterocycles. The number of fused-ring (bicyclic) bond motifs is 1. The summed E-state index contributed by atoms with van der Waals surface area (Å²) in [5, 5.41) is 0. The summed E-state index contributed by atoms with van der Waals surface area (Å²) in [6.07, 6.45) is 2.49. The predicted octanol–water partition coefficient (Wildman–Crippen LogP) is 3.74. The Labute approximate surface area is 87.3 Å². The third-order valence-electron chi connectivity index (χ3n) is 4.33. The maximum atomic E-state index is 3.19. The Balaban J connectivity index is 2.57. The average molecular weight is 187 g/mol. The molecule has 1 radical (unpaired) electrons. The molecule has 1 aliphatic rings. The lowest BCUT2D eigenvalue weighted by Gasteiger charge is -2.47. The van der Waals surface area contributed by atoms with Crippen LogP contribution in [0.5, 0.6) is 0 Å². The predicted molar refractivity (Wildman–Crippen MR) is 60.4 cm³/mol. The normalized spacial score (nSPS) is 22.9. The molecule has 75 valence electrons. The second-order valence-corrected chi connectivity index (χ2v) is 5.59. The van der Waals surface area contributed by atoms with Crippen LogP contribution in [0.1, 0.15) is 45.2 Å². The highest BCUT2D eigenvalue weighted by Gasteiger charge is 2.41. The van der Waals surface area contributed by atoms with Gasteiger partial charge in [0.05, 0.1) is 0 Å². The number of hydrogen-bond acceptors (Lipinski definition) is 0. The first-order chi connectivity index (χ1) is 6.45. The number of aryl methyl sites for hydroxylation is 1. The van der Waals surface area contributed by atoms with Crippen molar-refractivity contribution < 1.29 is 0 Å². The second kappa shape index (κ2) is 2.85. The fraction of sp³-hybridized carbons (Fsp3) is 0.571. The molecule has 0 heterocycles. The first-order valence-electron chi connectivity index (χ1n) is 5.45. The van der Waals surface area contributed by atoms with Crippen LogP contribution >= 0.6 is 0 Å². The van der Waals surface area contributed by atoms with Crippen molar-refractivity contribution in [1.82, 2.24) is 0 Å². The van der Waals surface area contributed by atoms with E-state index in [0.29, 0.717) is 5.41 Å². The van der Waals surface area contributed by atoms with Crippen LogP contribution in [-0.4, -0.2) is 0 Å². The summed E-state index contributed by atoms with van der Waals surface area (Å²) in [6.45, 7) is 9.50. The number of benzene rings is 1. The molecule has 0 saturated carbocycles. The van der Waals surface area contributed by atoms with Gasteiger partial charge in [-0.25, -0.2) is 0 Å². The smallest absolute Gasteiger partial charge is 0.00496 e. The number of rotatable bonds is 0. The lowest BCUT2D eigenvalue weighted by molar-refractivity contribution is 0.165. The highest BCUT2D eigenvalue weighted by molar-refractivity contribution is 5.37. The minimum absolute atomic E-state index is 0.287. The van der Waals surface area contributed by atoms with E-state index in [0.717, 1.165) is 0 Å². The molecular formula is C14H19. The van der Waals surface area contributed by atoms with Gasteiger partial charge in [-0.05, 0) is 40.9 Å². The van der Waals surface area contributed by atoms with Gasteiger partial charge in [-0.2, -0.15) is 0 Å². The molecule has 1 aliphatic carbocycles. The summed E-state index contributed by atoms with van der Waals surface area (Å²) in [5.74, 6) is 0. The third kappa shape index (κ3) is 1.20. The van der Waals surface area contributed by atoms with Gasteiger partial charge in [0.15, 0.2) is 0 Å². The molecule has 1 aromatic rings. The largest absolute Gasteiger partial charge is 0.0591 e. The Morgan fingerprint density at radius 3 is 2.64 bits per heavy atom. The monoisotopic (exact) mass is 187 g/mol. The molecule has 0 saturated heterocycles. The Hall–Kier alpha value is -0.780. The van der Waals surface area contributed by atoms with E-state index in [9.17, 15) is 0 Å². The lowest BCUT2D eigenvalue weighted by Crippen LogP contribution is -2.40. The Morgan fingerprint density at radius 1 is 1.21 bits per heavy atom. The zero-order chi connectivity index (χ0) is 10.4. The van der Waals surface area contributed by atoms with Gasteiger partial charge < -0.3 is 0 Å². The SMILES string of the molecule is CC1(C)CCc2c[c]ccc2C1(C)C. The fourth-order valence-corrected chi connectivity index (χ4v) is 2.41. The van der Waals surface area contributed by atoms with Crippen molar-refractivity contribution in [2.75, 3.05) is 0 Å². The molecule has 0 fully saturated rings. The minimum atomic E-state index is 0.287. The van der Waals surface area contributed by atoms with Crippen molar-refractivity contribution in [2.24, 2.45) is 5.41 Å². The molecule has 14 heavy (non-hydrogen) atoms. The first kappa shape index (κ1) is 9.76. The Kier molecular flexibility index (Phi) is 1.99. The van der Waals surface area contributed by atoms with Crippen molar-refractivity contribution in [3.8, 4) is 0 Å². The van der Waals surface area contributed by atoms with Gasteiger partial charge in [-0.3, -0.25) is 0 Å². The second-order valence-electron chi connectivity index (χ2n) is 5.59. The summed E-state index contributed by atoms with van der Waals surface area (Å²) in [4.78, 5) is 0. The summed E-state index contributed by atoms with van der Waals surface area (Å²) in [5.41, 5.74) is 3.71. The maximum absolute atomic E-state index is 3.19. The van der Waals surface area contributed by atoms with E-state index in [1.165, 1.54) is 24.0 Å². The summed E-state index contributed by atoms with van der Waals surface area (Å²) in [6, 6.07) is 9.63. The first-order valence-corrected chi connectivity index (χ1v) is 5.45. The standard InChI is InChI=1S/C14H19/c1-13(2)10-9-11-7-5-6-8-12(11)14(13,3)4/h6-8H,9-10H2,1-4H3. The van der Waals surface area contributed by atoms with E-state index < -0.39 is 0 Å². The molecule has 0 spiro atoms. The van der Waals surface area contributed by atoms with Gasteiger partial charge >= 0.3 is 0 Å². The molecule has 0 heteroatoms. The van der Waals surface area contributed by atoms with E-state index in [-0.39, 0.29) is 5.41 Å². The minimum Gasteiger partial charge on any atom is -0.0591 e. The van der Waals surface area contributed by atoms with Gasteiger partial charge in [0.1, 0.15) is 0 Å². The van der Waals surface area contributed by atoms with E-state index in [1.807, 2.05) is 6.07 Å². The molecule has 0 aliphatic heterocycles. The summed E-state index contributed by atoms with van der Waals surface area (Å²) in [7, 11) is 0. The lowest BCUT2D eigenvalue weighted by atomic mass is 9.57. The average Bonchev–Trinajstić information content (AvgIpc) is 2.13. The zero-order valence-electron chi connectivity index (χ0n) is 9.65. The highest BCUT2D eigenvalue weighted by Crippen LogP contribution is 2.49. The van der Waals surface area contributed by atoms with Gasteiger partial charge in [0.2, 0.25) is 0 Å². The van der Waals surface area contributed by atoms with Crippen LogP contribution in [0.15, 0.2) is 18.2 Å². The van der Waals surface area contributed by atoms with E-state index in [2.05, 4.69) is 45.9 Å². The molecule has 0 N–H and O–H groups in total. The van der Waals surface area contributed by atoms with Crippen LogP contribution in [0.2, 0.25) is 0 Å². The van der Waals surface area contributed by atoms with E-state index in [1.54, 1.807) is 0 Å². The molecule has 0 bridgehead atoms. The molecule has 2 rings (SSSR count). The summed E-state index contributed by atoms with van der Waals surface area (Å²) < 4.78 is 0. The van der Waals surface area contributed by atoms with Crippen LogP contribution in [0.25, 0.3) is 0 Å².